The molecule has 0 aliphatic rings. The number of hydrogen-bond acceptors (Lipinski definition) is 6. The summed E-state index contributed by atoms with van der Waals surface area (Å²) in [6.07, 6.45) is 0.437. The number of nitrogens with zero attached hydrogens (tertiary/aromatic N) is 2. The molecule has 33 heavy (non-hydrogen) atoms. The molecule has 2 heterocycles. The van der Waals surface area contributed by atoms with E-state index in [4.69, 9.17) is 0 Å². The molecule has 6 nitrogen and oxygen atoms in total. The number of rotatable bonds is 8. The molecule has 1 unspecified atom stereocenters. The van der Waals surface area contributed by atoms with Crippen molar-refractivity contribution in [2.45, 2.75) is 24.5 Å². The smallest absolute Gasteiger partial charge is 0.263 e. The molecular weight excluding hydrogens is 454 g/mol. The Morgan fingerprint density at radius 2 is 1.76 bits per heavy atom. The van der Waals surface area contributed by atoms with Crippen LogP contribution in [0.2, 0.25) is 0 Å². The van der Waals surface area contributed by atoms with Gasteiger partial charge in [-0.3, -0.25) is 19.0 Å². The Hall–Kier alpha value is -3.23. The molecule has 0 saturated heterocycles. The highest BCUT2D eigenvalue weighted by Crippen LogP contribution is 2.31. The summed E-state index contributed by atoms with van der Waals surface area (Å²) in [7, 11) is 1.66. The molecule has 0 aliphatic carbocycles. The van der Waals surface area contributed by atoms with Crippen molar-refractivity contribution >= 4 is 45.0 Å². The third-order valence-electron chi connectivity index (χ3n) is 5.30. The number of thiophene rings is 1. The molecule has 0 radical (unpaired) electrons. The van der Waals surface area contributed by atoms with E-state index in [2.05, 4.69) is 10.3 Å². The summed E-state index contributed by atoms with van der Waals surface area (Å²) < 4.78 is 1.48. The number of hydrogen-bond donors (Lipinski definition) is 1. The van der Waals surface area contributed by atoms with Crippen molar-refractivity contribution in [2.75, 3.05) is 5.75 Å². The molecule has 0 spiro atoms. The highest BCUT2D eigenvalue weighted by Gasteiger charge is 2.20. The van der Waals surface area contributed by atoms with Crippen molar-refractivity contribution in [2.24, 2.45) is 7.05 Å². The number of nitrogens with one attached hydrogen (secondary N) is 1. The van der Waals surface area contributed by atoms with Crippen LogP contribution < -0.4 is 10.9 Å². The van der Waals surface area contributed by atoms with E-state index in [9.17, 15) is 14.4 Å². The maximum absolute atomic E-state index is 13.1. The van der Waals surface area contributed by atoms with Gasteiger partial charge in [0.05, 0.1) is 17.2 Å². The number of aromatic nitrogens is 2. The molecule has 0 fully saturated rings. The Kier molecular flexibility index (Phi) is 7.05. The largest absolute Gasteiger partial charge is 0.345 e. The highest BCUT2D eigenvalue weighted by atomic mass is 32.2. The number of fused-ring (bicyclic) bond motifs is 1. The number of carbonyl (C=O) groups excluding carboxylic acids is 2. The molecule has 1 atom stereocenters. The fourth-order valence-corrected chi connectivity index (χ4v) is 5.30. The minimum atomic E-state index is -0.592. The zero-order chi connectivity index (χ0) is 23.4. The molecule has 2 aromatic carbocycles. The zero-order valence-corrected chi connectivity index (χ0v) is 19.9. The monoisotopic (exact) mass is 477 g/mol. The van der Waals surface area contributed by atoms with E-state index in [0.717, 1.165) is 16.7 Å². The van der Waals surface area contributed by atoms with Crippen molar-refractivity contribution < 1.29 is 9.59 Å². The molecule has 168 valence electrons. The van der Waals surface area contributed by atoms with Crippen molar-refractivity contribution in [3.05, 3.63) is 82.0 Å². The molecule has 2 aromatic heterocycles. The second-order valence-corrected chi connectivity index (χ2v) is 9.46. The molecule has 0 saturated carbocycles. The first kappa shape index (κ1) is 22.9. The first-order valence-electron chi connectivity index (χ1n) is 10.4. The third-order valence-corrected chi connectivity index (χ3v) is 7.20. The van der Waals surface area contributed by atoms with Crippen molar-refractivity contribution in [1.82, 2.24) is 14.9 Å². The first-order valence-corrected chi connectivity index (χ1v) is 12.3. The van der Waals surface area contributed by atoms with Gasteiger partial charge in [0.2, 0.25) is 5.91 Å². The summed E-state index contributed by atoms with van der Waals surface area (Å²) in [5.74, 6) is -0.320. The van der Waals surface area contributed by atoms with Crippen LogP contribution in [0.3, 0.4) is 0 Å². The predicted molar refractivity (Wildman–Crippen MR) is 134 cm³/mol. The lowest BCUT2D eigenvalue weighted by molar-refractivity contribution is -0.125. The highest BCUT2D eigenvalue weighted by molar-refractivity contribution is 7.99. The summed E-state index contributed by atoms with van der Waals surface area (Å²) in [6, 6.07) is 18.7. The molecule has 1 amide bonds. The molecule has 0 aliphatic heterocycles. The van der Waals surface area contributed by atoms with E-state index in [1.165, 1.54) is 34.6 Å². The summed E-state index contributed by atoms with van der Waals surface area (Å²) in [5, 5.41) is 5.80. The van der Waals surface area contributed by atoms with Crippen LogP contribution >= 0.6 is 23.1 Å². The van der Waals surface area contributed by atoms with Crippen LogP contribution in [-0.2, 0) is 23.1 Å². The standard InChI is InChI=1S/C25H23N3O3S2/c1-16(29)20(13-17-9-5-3-6-10-17)26-21(30)15-33-25-27-23-22(24(31)28(25)2)19(14-32-23)18-11-7-4-8-12-18/h3-12,14,20H,13,15H2,1-2H3,(H,26,30). The van der Waals surface area contributed by atoms with Gasteiger partial charge in [-0.1, -0.05) is 72.4 Å². The summed E-state index contributed by atoms with van der Waals surface area (Å²) >= 11 is 2.60. The fraction of sp³-hybridized carbons (Fsp3) is 0.200. The van der Waals surface area contributed by atoms with Crippen LogP contribution in [0.15, 0.2) is 76.0 Å². The van der Waals surface area contributed by atoms with Crippen LogP contribution in [0.4, 0.5) is 0 Å². The van der Waals surface area contributed by atoms with Crippen LogP contribution in [0, 0.1) is 0 Å². The van der Waals surface area contributed by atoms with Crippen molar-refractivity contribution in [3.63, 3.8) is 0 Å². The molecule has 1 N–H and O–H groups in total. The minimum absolute atomic E-state index is 0.0568. The SMILES string of the molecule is CC(=O)C(Cc1ccccc1)NC(=O)CSc1nc2scc(-c3ccccc3)c2c(=O)n1C. The van der Waals surface area contributed by atoms with E-state index in [-0.39, 0.29) is 23.0 Å². The average molecular weight is 478 g/mol. The normalized spacial score (nSPS) is 11.9. The second-order valence-electron chi connectivity index (χ2n) is 7.66. The van der Waals surface area contributed by atoms with E-state index >= 15 is 0 Å². The van der Waals surface area contributed by atoms with Crippen LogP contribution in [0.5, 0.6) is 0 Å². The predicted octanol–water partition coefficient (Wildman–Crippen LogP) is 4.07. The van der Waals surface area contributed by atoms with Gasteiger partial charge in [-0.2, -0.15) is 0 Å². The van der Waals surface area contributed by atoms with Gasteiger partial charge in [0.1, 0.15) is 4.83 Å². The summed E-state index contributed by atoms with van der Waals surface area (Å²) in [6.45, 7) is 1.47. The Morgan fingerprint density at radius 3 is 2.42 bits per heavy atom. The van der Waals surface area contributed by atoms with Crippen LogP contribution in [0.1, 0.15) is 12.5 Å². The number of amides is 1. The maximum atomic E-state index is 13.1. The van der Waals surface area contributed by atoms with Gasteiger partial charge in [0, 0.05) is 18.0 Å². The van der Waals surface area contributed by atoms with Gasteiger partial charge >= 0.3 is 0 Å². The Morgan fingerprint density at radius 1 is 1.09 bits per heavy atom. The van der Waals surface area contributed by atoms with Gasteiger partial charge < -0.3 is 5.32 Å². The number of carbonyl (C=O) groups is 2. The Bertz CT molecular complexity index is 1350. The van der Waals surface area contributed by atoms with Crippen LogP contribution in [0.25, 0.3) is 21.3 Å². The molecule has 4 rings (SSSR count). The minimum Gasteiger partial charge on any atom is -0.345 e. The summed E-state index contributed by atoms with van der Waals surface area (Å²) in [5.41, 5.74) is 2.67. The number of benzene rings is 2. The average Bonchev–Trinajstić information content (AvgIpc) is 3.25. The Labute approximate surface area is 199 Å². The van der Waals surface area contributed by atoms with Gasteiger partial charge in [-0.15, -0.1) is 11.3 Å². The second kappa shape index (κ2) is 10.1. The lowest BCUT2D eigenvalue weighted by Crippen LogP contribution is -2.42. The van der Waals surface area contributed by atoms with E-state index in [1.807, 2.05) is 66.0 Å². The van der Waals surface area contributed by atoms with E-state index in [0.29, 0.717) is 21.8 Å². The number of ketones is 1. The number of Topliss-reactive ketones (excluding diaryl/α,β-unsaturated/α-hetero) is 1. The van der Waals surface area contributed by atoms with Gasteiger partial charge in [0.25, 0.3) is 5.56 Å². The van der Waals surface area contributed by atoms with E-state index < -0.39 is 6.04 Å². The van der Waals surface area contributed by atoms with Gasteiger partial charge in [-0.25, -0.2) is 4.98 Å². The maximum Gasteiger partial charge on any atom is 0.263 e. The Balaban J connectivity index is 1.49. The van der Waals surface area contributed by atoms with Gasteiger partial charge in [0.15, 0.2) is 10.9 Å². The van der Waals surface area contributed by atoms with E-state index in [1.54, 1.807) is 7.05 Å². The zero-order valence-electron chi connectivity index (χ0n) is 18.3. The lowest BCUT2D eigenvalue weighted by Gasteiger charge is -2.16. The lowest BCUT2D eigenvalue weighted by atomic mass is 10.0. The first-order chi connectivity index (χ1) is 15.9. The fourth-order valence-electron chi connectivity index (χ4n) is 3.52. The third kappa shape index (κ3) is 5.23. The topological polar surface area (TPSA) is 81.1 Å². The molecule has 0 bridgehead atoms. The quantitative estimate of drug-likeness (QED) is 0.306. The van der Waals surface area contributed by atoms with Crippen molar-refractivity contribution in [3.8, 4) is 11.1 Å². The number of thioether (sulfide) groups is 1. The summed E-state index contributed by atoms with van der Waals surface area (Å²) in [4.78, 5) is 43.0. The van der Waals surface area contributed by atoms with Gasteiger partial charge in [-0.05, 0) is 24.5 Å². The molecular formula is C25H23N3O3S2. The molecule has 4 aromatic rings. The molecule has 8 heteroatoms. The van der Waals surface area contributed by atoms with Crippen LogP contribution in [-0.4, -0.2) is 33.0 Å². The van der Waals surface area contributed by atoms with Crippen molar-refractivity contribution in [1.29, 1.82) is 0 Å².